The quantitative estimate of drug-likeness (QED) is 0.759. The maximum absolute atomic E-state index is 12.2. The molecule has 0 radical (unpaired) electrons. The van der Waals surface area contributed by atoms with Gasteiger partial charge in [0.2, 0.25) is 0 Å². The molecule has 1 aromatic heterocycles. The fraction of sp³-hybridized carbons (Fsp3) is 0.214. The second kappa shape index (κ2) is 7.05. The van der Waals surface area contributed by atoms with Crippen molar-refractivity contribution in [3.8, 4) is 5.75 Å². The van der Waals surface area contributed by atoms with Gasteiger partial charge in [-0.15, -0.1) is 0 Å². The van der Waals surface area contributed by atoms with Gasteiger partial charge < -0.3 is 9.84 Å². The predicted molar refractivity (Wildman–Crippen MR) is 78.7 cm³/mol. The second-order valence-electron chi connectivity index (χ2n) is 4.24. The molecule has 0 fully saturated rings. The summed E-state index contributed by atoms with van der Waals surface area (Å²) in [5, 5.41) is 8.66. The van der Waals surface area contributed by atoms with Crippen LogP contribution in [0.4, 0.5) is 5.69 Å². The van der Waals surface area contributed by atoms with Crippen LogP contribution in [0.1, 0.15) is 6.42 Å². The molecule has 0 aliphatic rings. The number of benzene rings is 1. The molecule has 2 rings (SSSR count). The van der Waals surface area contributed by atoms with E-state index in [2.05, 4.69) is 9.71 Å². The van der Waals surface area contributed by atoms with Crippen molar-refractivity contribution in [2.45, 2.75) is 11.3 Å². The van der Waals surface area contributed by atoms with Crippen LogP contribution >= 0.6 is 0 Å². The first kappa shape index (κ1) is 15.3. The number of aromatic nitrogens is 1. The second-order valence-corrected chi connectivity index (χ2v) is 5.93. The zero-order chi connectivity index (χ0) is 15.1. The monoisotopic (exact) mass is 308 g/mol. The third-order valence-electron chi connectivity index (χ3n) is 2.62. The van der Waals surface area contributed by atoms with E-state index in [-0.39, 0.29) is 11.5 Å². The molecule has 0 saturated carbocycles. The minimum absolute atomic E-state index is 0.0570. The Hall–Kier alpha value is -2.12. The van der Waals surface area contributed by atoms with Gasteiger partial charge in [-0.2, -0.15) is 0 Å². The molecule has 0 atom stereocenters. The van der Waals surface area contributed by atoms with Gasteiger partial charge in [0.15, 0.2) is 0 Å². The first-order valence-corrected chi connectivity index (χ1v) is 7.87. The Balaban J connectivity index is 2.06. The van der Waals surface area contributed by atoms with Crippen molar-refractivity contribution in [2.24, 2.45) is 0 Å². The van der Waals surface area contributed by atoms with Crippen LogP contribution in [0.3, 0.4) is 0 Å². The van der Waals surface area contributed by atoms with Gasteiger partial charge in [0.1, 0.15) is 5.75 Å². The van der Waals surface area contributed by atoms with Gasteiger partial charge in [-0.3, -0.25) is 9.71 Å². The van der Waals surface area contributed by atoms with Crippen LogP contribution in [0.25, 0.3) is 0 Å². The molecule has 1 heterocycles. The lowest BCUT2D eigenvalue weighted by atomic mass is 10.3. The Labute approximate surface area is 123 Å². The molecule has 0 saturated heterocycles. The highest BCUT2D eigenvalue weighted by Gasteiger charge is 2.14. The Bertz CT molecular complexity index is 657. The molecule has 0 unspecified atom stereocenters. The highest BCUT2D eigenvalue weighted by Crippen LogP contribution is 2.18. The van der Waals surface area contributed by atoms with Crippen LogP contribution in [0.15, 0.2) is 53.7 Å². The molecule has 0 aliphatic carbocycles. The van der Waals surface area contributed by atoms with E-state index in [4.69, 9.17) is 9.84 Å². The average molecular weight is 308 g/mol. The Kier molecular flexibility index (Phi) is 5.13. The summed E-state index contributed by atoms with van der Waals surface area (Å²) in [5.74, 6) is 0.559. The zero-order valence-electron chi connectivity index (χ0n) is 11.3. The Morgan fingerprint density at radius 1 is 1.19 bits per heavy atom. The summed E-state index contributed by atoms with van der Waals surface area (Å²) in [5.41, 5.74) is 0.403. The topological polar surface area (TPSA) is 88.5 Å². The standard InChI is InChI=1S/C14H16N2O4S/c17-9-2-10-20-13-4-6-14(7-5-13)21(18,19)16-12-3-1-8-15-11-12/h1,3-8,11,16-17H,2,9-10H2. The molecule has 0 amide bonds. The van der Waals surface area contributed by atoms with Gasteiger partial charge in [0, 0.05) is 19.2 Å². The summed E-state index contributed by atoms with van der Waals surface area (Å²) in [7, 11) is -3.64. The van der Waals surface area contributed by atoms with Crippen LogP contribution in [-0.2, 0) is 10.0 Å². The Morgan fingerprint density at radius 2 is 1.95 bits per heavy atom. The molecule has 7 heteroatoms. The van der Waals surface area contributed by atoms with Crippen molar-refractivity contribution < 1.29 is 18.3 Å². The van der Waals surface area contributed by atoms with Gasteiger partial charge in [-0.1, -0.05) is 0 Å². The summed E-state index contributed by atoms with van der Waals surface area (Å²) >= 11 is 0. The van der Waals surface area contributed by atoms with E-state index < -0.39 is 10.0 Å². The molecule has 6 nitrogen and oxygen atoms in total. The van der Waals surface area contributed by atoms with Gasteiger partial charge in [-0.25, -0.2) is 8.42 Å². The maximum atomic E-state index is 12.2. The first-order valence-electron chi connectivity index (χ1n) is 6.38. The molecule has 1 aromatic carbocycles. The number of nitrogens with one attached hydrogen (secondary N) is 1. The zero-order valence-corrected chi connectivity index (χ0v) is 12.1. The predicted octanol–water partition coefficient (Wildman–Crippen LogP) is 1.64. The Morgan fingerprint density at radius 3 is 2.57 bits per heavy atom. The number of aliphatic hydroxyl groups is 1. The summed E-state index contributed by atoms with van der Waals surface area (Å²) < 4.78 is 32.1. The molecule has 21 heavy (non-hydrogen) atoms. The van der Waals surface area contributed by atoms with Crippen LogP contribution in [0, 0.1) is 0 Å². The fourth-order valence-corrected chi connectivity index (χ4v) is 2.65. The number of anilines is 1. The van der Waals surface area contributed by atoms with Crippen molar-refractivity contribution in [1.82, 2.24) is 4.98 Å². The molecule has 0 aliphatic heterocycles. The minimum Gasteiger partial charge on any atom is -0.494 e. The van der Waals surface area contributed by atoms with E-state index in [9.17, 15) is 8.42 Å². The lowest BCUT2D eigenvalue weighted by Gasteiger charge is -2.09. The highest BCUT2D eigenvalue weighted by atomic mass is 32.2. The van der Waals surface area contributed by atoms with E-state index in [1.165, 1.54) is 18.3 Å². The largest absolute Gasteiger partial charge is 0.494 e. The number of sulfonamides is 1. The van der Waals surface area contributed by atoms with Crippen molar-refractivity contribution in [2.75, 3.05) is 17.9 Å². The molecular weight excluding hydrogens is 292 g/mol. The van der Waals surface area contributed by atoms with Gasteiger partial charge in [-0.05, 0) is 36.4 Å². The summed E-state index contributed by atoms with van der Waals surface area (Å²) in [6, 6.07) is 9.36. The number of pyridine rings is 1. The maximum Gasteiger partial charge on any atom is 0.261 e. The normalized spacial score (nSPS) is 11.1. The van der Waals surface area contributed by atoms with Gasteiger partial charge >= 0.3 is 0 Å². The van der Waals surface area contributed by atoms with Gasteiger partial charge in [0.05, 0.1) is 23.4 Å². The molecular formula is C14H16N2O4S. The molecule has 112 valence electrons. The van der Waals surface area contributed by atoms with Crippen molar-refractivity contribution in [3.05, 3.63) is 48.8 Å². The lowest BCUT2D eigenvalue weighted by molar-refractivity contribution is 0.233. The summed E-state index contributed by atoms with van der Waals surface area (Å²) in [6.07, 6.45) is 3.53. The van der Waals surface area contributed by atoms with Crippen LogP contribution in [-0.4, -0.2) is 31.7 Å². The van der Waals surface area contributed by atoms with E-state index in [0.29, 0.717) is 24.5 Å². The number of hydrogen-bond donors (Lipinski definition) is 2. The number of rotatable bonds is 7. The molecule has 0 spiro atoms. The molecule has 0 bridgehead atoms. The number of aliphatic hydroxyl groups excluding tert-OH is 1. The van der Waals surface area contributed by atoms with E-state index >= 15 is 0 Å². The van der Waals surface area contributed by atoms with Crippen molar-refractivity contribution in [3.63, 3.8) is 0 Å². The van der Waals surface area contributed by atoms with Crippen molar-refractivity contribution >= 4 is 15.7 Å². The highest BCUT2D eigenvalue weighted by molar-refractivity contribution is 7.92. The van der Waals surface area contributed by atoms with Crippen LogP contribution in [0.2, 0.25) is 0 Å². The SMILES string of the molecule is O=S(=O)(Nc1cccnc1)c1ccc(OCCCO)cc1. The average Bonchev–Trinajstić information content (AvgIpc) is 2.49. The molecule has 2 aromatic rings. The number of hydrogen-bond acceptors (Lipinski definition) is 5. The van der Waals surface area contributed by atoms with Crippen molar-refractivity contribution in [1.29, 1.82) is 0 Å². The number of ether oxygens (including phenoxy) is 1. The first-order chi connectivity index (χ1) is 10.1. The lowest BCUT2D eigenvalue weighted by Crippen LogP contribution is -2.13. The van der Waals surface area contributed by atoms with E-state index in [0.717, 1.165) is 0 Å². The van der Waals surface area contributed by atoms with E-state index in [1.54, 1.807) is 30.5 Å². The third-order valence-corrected chi connectivity index (χ3v) is 4.02. The van der Waals surface area contributed by atoms with Gasteiger partial charge in [0.25, 0.3) is 10.0 Å². The van der Waals surface area contributed by atoms with Crippen LogP contribution in [0.5, 0.6) is 5.75 Å². The minimum atomic E-state index is -3.64. The fourth-order valence-electron chi connectivity index (χ4n) is 1.61. The molecule has 2 N–H and O–H groups in total. The smallest absolute Gasteiger partial charge is 0.261 e. The summed E-state index contributed by atoms with van der Waals surface area (Å²) in [6.45, 7) is 0.442. The number of nitrogens with zero attached hydrogens (tertiary/aromatic N) is 1. The van der Waals surface area contributed by atoms with Crippen LogP contribution < -0.4 is 9.46 Å². The van der Waals surface area contributed by atoms with E-state index in [1.807, 2.05) is 0 Å². The third kappa shape index (κ3) is 4.44. The summed E-state index contributed by atoms with van der Waals surface area (Å²) in [4.78, 5) is 3.99.